The second-order valence-electron chi connectivity index (χ2n) is 6.07. The highest BCUT2D eigenvalue weighted by molar-refractivity contribution is 5.78. The Morgan fingerprint density at radius 1 is 0.895 bits per heavy atom. The van der Waals surface area contributed by atoms with Crippen LogP contribution in [0.4, 0.5) is 0 Å². The molecule has 1 saturated carbocycles. The van der Waals surface area contributed by atoms with Crippen LogP contribution in [-0.2, 0) is 4.79 Å². The minimum absolute atomic E-state index is 0.344. The zero-order valence-corrected chi connectivity index (χ0v) is 13.1. The van der Waals surface area contributed by atoms with Gasteiger partial charge in [0.05, 0.1) is 0 Å². The van der Waals surface area contributed by atoms with E-state index in [0.29, 0.717) is 11.8 Å². The van der Waals surface area contributed by atoms with Gasteiger partial charge in [-0.3, -0.25) is 4.79 Å². The minimum atomic E-state index is 0.344. The second-order valence-corrected chi connectivity index (χ2v) is 6.07. The van der Waals surface area contributed by atoms with Crippen LogP contribution < -0.4 is 0 Å². The smallest absolute Gasteiger partial charge is 0.225 e. The predicted octanol–water partition coefficient (Wildman–Crippen LogP) is 4.78. The topological polar surface area (TPSA) is 20.3 Å². The molecule has 0 unspecified atom stereocenters. The number of amides is 1. The van der Waals surface area contributed by atoms with Crippen molar-refractivity contribution in [1.82, 2.24) is 4.90 Å². The Morgan fingerprint density at radius 2 is 1.42 bits per heavy atom. The van der Waals surface area contributed by atoms with Gasteiger partial charge in [0, 0.05) is 19.0 Å². The molecule has 0 bridgehead atoms. The summed E-state index contributed by atoms with van der Waals surface area (Å²) < 4.78 is 0. The van der Waals surface area contributed by atoms with E-state index >= 15 is 0 Å². The van der Waals surface area contributed by atoms with Gasteiger partial charge in [-0.2, -0.15) is 0 Å². The zero-order chi connectivity index (χ0) is 13.9. The molecular weight excluding hydrogens is 234 g/mol. The zero-order valence-electron chi connectivity index (χ0n) is 13.1. The number of rotatable bonds is 9. The molecule has 1 fully saturated rings. The van der Waals surface area contributed by atoms with E-state index in [2.05, 4.69) is 18.7 Å². The predicted molar refractivity (Wildman–Crippen MR) is 82.2 cm³/mol. The first-order chi connectivity index (χ1) is 9.29. The van der Waals surface area contributed by atoms with E-state index in [-0.39, 0.29) is 0 Å². The third kappa shape index (κ3) is 6.44. The molecule has 1 aliphatic rings. The molecule has 1 rings (SSSR count). The Kier molecular flexibility index (Phi) is 8.94. The van der Waals surface area contributed by atoms with Crippen LogP contribution >= 0.6 is 0 Å². The molecule has 1 amide bonds. The van der Waals surface area contributed by atoms with Gasteiger partial charge in [-0.15, -0.1) is 0 Å². The van der Waals surface area contributed by atoms with E-state index in [1.54, 1.807) is 0 Å². The van der Waals surface area contributed by atoms with Crippen molar-refractivity contribution in [3.8, 4) is 0 Å². The highest BCUT2D eigenvalue weighted by Gasteiger charge is 2.25. The Labute approximate surface area is 119 Å². The van der Waals surface area contributed by atoms with Crippen LogP contribution in [0.15, 0.2) is 0 Å². The molecular formula is C17H33NO. The normalized spacial score (nSPS) is 16.5. The lowest BCUT2D eigenvalue weighted by atomic mass is 9.88. The first-order valence-electron chi connectivity index (χ1n) is 8.58. The number of hydrogen-bond acceptors (Lipinski definition) is 1. The van der Waals surface area contributed by atoms with Crippen molar-refractivity contribution in [2.45, 2.75) is 84.5 Å². The lowest BCUT2D eigenvalue weighted by Gasteiger charge is -2.29. The summed E-state index contributed by atoms with van der Waals surface area (Å²) in [5, 5.41) is 0. The van der Waals surface area contributed by atoms with Gasteiger partial charge in [0.15, 0.2) is 0 Å². The van der Waals surface area contributed by atoms with Crippen molar-refractivity contribution in [1.29, 1.82) is 0 Å². The highest BCUT2D eigenvalue weighted by Crippen LogP contribution is 2.25. The highest BCUT2D eigenvalue weighted by atomic mass is 16.2. The standard InChI is InChI=1S/C17H33NO/c1-3-5-10-14-18(15-11-6-4-2)17(19)16-12-8-7-9-13-16/h16H,3-15H2,1-2H3. The van der Waals surface area contributed by atoms with Gasteiger partial charge in [0.2, 0.25) is 5.91 Å². The average Bonchev–Trinajstić information content (AvgIpc) is 2.46. The maximum atomic E-state index is 12.6. The van der Waals surface area contributed by atoms with Crippen LogP contribution in [0.3, 0.4) is 0 Å². The Morgan fingerprint density at radius 3 is 1.89 bits per heavy atom. The van der Waals surface area contributed by atoms with E-state index in [0.717, 1.165) is 25.9 Å². The summed E-state index contributed by atoms with van der Waals surface area (Å²) in [6.07, 6.45) is 13.5. The lowest BCUT2D eigenvalue weighted by molar-refractivity contribution is -0.136. The van der Waals surface area contributed by atoms with E-state index in [9.17, 15) is 4.79 Å². The molecule has 19 heavy (non-hydrogen) atoms. The molecule has 0 N–H and O–H groups in total. The fourth-order valence-corrected chi connectivity index (χ4v) is 3.05. The van der Waals surface area contributed by atoms with Gasteiger partial charge in [-0.25, -0.2) is 0 Å². The molecule has 0 aromatic rings. The van der Waals surface area contributed by atoms with Gasteiger partial charge in [0.1, 0.15) is 0 Å². The first-order valence-corrected chi connectivity index (χ1v) is 8.58. The summed E-state index contributed by atoms with van der Waals surface area (Å²) in [6, 6.07) is 0. The first kappa shape index (κ1) is 16.5. The summed E-state index contributed by atoms with van der Waals surface area (Å²) in [7, 11) is 0. The van der Waals surface area contributed by atoms with Crippen LogP contribution in [0.1, 0.15) is 84.5 Å². The lowest BCUT2D eigenvalue weighted by Crippen LogP contribution is -2.38. The van der Waals surface area contributed by atoms with Crippen molar-refractivity contribution in [2.24, 2.45) is 5.92 Å². The van der Waals surface area contributed by atoms with Gasteiger partial charge in [-0.1, -0.05) is 58.8 Å². The van der Waals surface area contributed by atoms with Crippen molar-refractivity contribution in [3.05, 3.63) is 0 Å². The molecule has 0 atom stereocenters. The van der Waals surface area contributed by atoms with Crippen LogP contribution in [-0.4, -0.2) is 23.9 Å². The number of nitrogens with zero attached hydrogens (tertiary/aromatic N) is 1. The van der Waals surface area contributed by atoms with Gasteiger partial charge >= 0.3 is 0 Å². The quantitative estimate of drug-likeness (QED) is 0.551. The van der Waals surface area contributed by atoms with E-state index in [1.807, 2.05) is 0 Å². The molecule has 0 radical (unpaired) electrons. The van der Waals surface area contributed by atoms with Crippen LogP contribution in [0.5, 0.6) is 0 Å². The monoisotopic (exact) mass is 267 g/mol. The molecule has 112 valence electrons. The summed E-state index contributed by atoms with van der Waals surface area (Å²) >= 11 is 0. The van der Waals surface area contributed by atoms with Crippen molar-refractivity contribution >= 4 is 5.91 Å². The third-order valence-corrected chi connectivity index (χ3v) is 4.33. The molecule has 2 heteroatoms. The van der Waals surface area contributed by atoms with Gasteiger partial charge in [-0.05, 0) is 25.7 Å². The van der Waals surface area contributed by atoms with E-state index in [4.69, 9.17) is 0 Å². The summed E-state index contributed by atoms with van der Waals surface area (Å²) in [5.74, 6) is 0.809. The van der Waals surface area contributed by atoms with Gasteiger partial charge < -0.3 is 4.90 Å². The van der Waals surface area contributed by atoms with Crippen molar-refractivity contribution < 1.29 is 4.79 Å². The largest absolute Gasteiger partial charge is 0.342 e. The fourth-order valence-electron chi connectivity index (χ4n) is 3.05. The number of carbonyl (C=O) groups excluding carboxylic acids is 1. The van der Waals surface area contributed by atoms with E-state index < -0.39 is 0 Å². The molecule has 0 saturated heterocycles. The minimum Gasteiger partial charge on any atom is -0.342 e. The summed E-state index contributed by atoms with van der Waals surface area (Å²) in [4.78, 5) is 14.8. The van der Waals surface area contributed by atoms with Crippen LogP contribution in [0.25, 0.3) is 0 Å². The number of unbranched alkanes of at least 4 members (excludes halogenated alkanes) is 4. The third-order valence-electron chi connectivity index (χ3n) is 4.33. The maximum Gasteiger partial charge on any atom is 0.225 e. The Balaban J connectivity index is 2.41. The Hall–Kier alpha value is -0.530. The molecule has 2 nitrogen and oxygen atoms in total. The van der Waals surface area contributed by atoms with Gasteiger partial charge in [0.25, 0.3) is 0 Å². The SMILES string of the molecule is CCCCCN(CCCCC)C(=O)C1CCCCC1. The van der Waals surface area contributed by atoms with Crippen LogP contribution in [0.2, 0.25) is 0 Å². The number of hydrogen-bond donors (Lipinski definition) is 0. The van der Waals surface area contributed by atoms with Crippen molar-refractivity contribution in [3.63, 3.8) is 0 Å². The molecule has 0 spiro atoms. The van der Waals surface area contributed by atoms with Crippen molar-refractivity contribution in [2.75, 3.05) is 13.1 Å². The molecule has 0 aromatic heterocycles. The number of carbonyl (C=O) groups is 1. The molecule has 0 heterocycles. The van der Waals surface area contributed by atoms with Crippen LogP contribution in [0, 0.1) is 5.92 Å². The summed E-state index contributed by atoms with van der Waals surface area (Å²) in [5.41, 5.74) is 0. The fraction of sp³-hybridized carbons (Fsp3) is 0.941. The average molecular weight is 267 g/mol. The molecule has 1 aliphatic carbocycles. The summed E-state index contributed by atoms with van der Waals surface area (Å²) in [6.45, 7) is 6.44. The second kappa shape index (κ2) is 10.3. The molecule has 0 aromatic carbocycles. The van der Waals surface area contributed by atoms with E-state index in [1.165, 1.54) is 57.8 Å². The Bertz CT molecular complexity index is 223. The maximum absolute atomic E-state index is 12.6. The molecule has 0 aliphatic heterocycles.